The Morgan fingerprint density at radius 3 is 2.65 bits per heavy atom. The Labute approximate surface area is 116 Å². The van der Waals surface area contributed by atoms with Crippen LogP contribution in [-0.2, 0) is 14.3 Å². The lowest BCUT2D eigenvalue weighted by Crippen LogP contribution is -2.23. The third kappa shape index (κ3) is 2.89. The van der Waals surface area contributed by atoms with E-state index in [2.05, 4.69) is 0 Å². The fourth-order valence-corrected chi connectivity index (χ4v) is 2.01. The highest BCUT2D eigenvalue weighted by atomic mass is 19.1. The number of halogens is 1. The van der Waals surface area contributed by atoms with Crippen molar-refractivity contribution in [1.82, 2.24) is 0 Å². The first kappa shape index (κ1) is 14.3. The number of ether oxygens (including phenoxy) is 2. The highest BCUT2D eigenvalue weighted by Crippen LogP contribution is 2.21. The molecule has 2 atom stereocenters. The predicted octanol–water partition coefficient (Wildman–Crippen LogP) is 1.75. The number of hydrogen-bond acceptors (Lipinski definition) is 5. The molecule has 0 bridgehead atoms. The largest absolute Gasteiger partial charge is 0.460 e. The van der Waals surface area contributed by atoms with Gasteiger partial charge in [0.2, 0.25) is 6.10 Å². The molecule has 0 amide bonds. The monoisotopic (exact) mass is 281 g/mol. The molecule has 1 fully saturated rings. The fraction of sp³-hybridized carbons (Fsp3) is 0.429. The SMILES string of the molecule is CC1CC(OC(=O)c2ccc(N(C)C)c(F)c2)C(=O)O1. The van der Waals surface area contributed by atoms with Crippen LogP contribution >= 0.6 is 0 Å². The van der Waals surface area contributed by atoms with Gasteiger partial charge in [0, 0.05) is 20.5 Å². The van der Waals surface area contributed by atoms with Crippen LogP contribution in [0.3, 0.4) is 0 Å². The molecule has 2 unspecified atom stereocenters. The van der Waals surface area contributed by atoms with Gasteiger partial charge in [-0.1, -0.05) is 0 Å². The maximum Gasteiger partial charge on any atom is 0.347 e. The average molecular weight is 281 g/mol. The van der Waals surface area contributed by atoms with Crippen LogP contribution in [0.4, 0.5) is 10.1 Å². The lowest BCUT2D eigenvalue weighted by molar-refractivity contribution is -0.147. The van der Waals surface area contributed by atoms with E-state index in [1.165, 1.54) is 12.1 Å². The van der Waals surface area contributed by atoms with Crippen LogP contribution in [0.2, 0.25) is 0 Å². The molecule has 1 aromatic rings. The van der Waals surface area contributed by atoms with Gasteiger partial charge in [-0.2, -0.15) is 0 Å². The van der Waals surface area contributed by atoms with Crippen LogP contribution in [0.25, 0.3) is 0 Å². The van der Waals surface area contributed by atoms with Gasteiger partial charge in [0.15, 0.2) is 0 Å². The summed E-state index contributed by atoms with van der Waals surface area (Å²) in [4.78, 5) is 24.9. The van der Waals surface area contributed by atoms with Gasteiger partial charge in [-0.25, -0.2) is 14.0 Å². The van der Waals surface area contributed by atoms with Crippen molar-refractivity contribution in [3.63, 3.8) is 0 Å². The molecule has 20 heavy (non-hydrogen) atoms. The maximum absolute atomic E-state index is 13.8. The second-order valence-electron chi connectivity index (χ2n) is 4.94. The lowest BCUT2D eigenvalue weighted by atomic mass is 10.2. The van der Waals surface area contributed by atoms with E-state index in [1.807, 2.05) is 0 Å². The number of cyclic esters (lactones) is 1. The zero-order chi connectivity index (χ0) is 14.9. The number of carbonyl (C=O) groups excluding carboxylic acids is 2. The van der Waals surface area contributed by atoms with Crippen LogP contribution in [-0.4, -0.2) is 38.2 Å². The van der Waals surface area contributed by atoms with E-state index in [4.69, 9.17) is 9.47 Å². The Morgan fingerprint density at radius 2 is 2.15 bits per heavy atom. The number of nitrogens with zero attached hydrogens (tertiary/aromatic N) is 1. The molecule has 1 aliphatic heterocycles. The van der Waals surface area contributed by atoms with Crippen LogP contribution in [0.5, 0.6) is 0 Å². The Hall–Kier alpha value is -2.11. The Morgan fingerprint density at radius 1 is 1.45 bits per heavy atom. The molecule has 6 heteroatoms. The number of anilines is 1. The van der Waals surface area contributed by atoms with E-state index in [-0.39, 0.29) is 11.7 Å². The molecule has 1 heterocycles. The van der Waals surface area contributed by atoms with Gasteiger partial charge in [0.1, 0.15) is 11.9 Å². The molecule has 5 nitrogen and oxygen atoms in total. The highest BCUT2D eigenvalue weighted by molar-refractivity contribution is 5.92. The van der Waals surface area contributed by atoms with E-state index in [9.17, 15) is 14.0 Å². The van der Waals surface area contributed by atoms with Crippen LogP contribution in [0.1, 0.15) is 23.7 Å². The van der Waals surface area contributed by atoms with Crippen LogP contribution < -0.4 is 4.90 Å². The zero-order valence-electron chi connectivity index (χ0n) is 11.6. The van der Waals surface area contributed by atoms with E-state index in [1.54, 1.807) is 25.9 Å². The molecule has 0 radical (unpaired) electrons. The molecule has 1 aromatic carbocycles. The predicted molar refractivity (Wildman–Crippen MR) is 70.1 cm³/mol. The molecule has 0 aliphatic carbocycles. The van der Waals surface area contributed by atoms with Gasteiger partial charge in [-0.3, -0.25) is 0 Å². The van der Waals surface area contributed by atoms with Crippen molar-refractivity contribution in [2.75, 3.05) is 19.0 Å². The van der Waals surface area contributed by atoms with E-state index < -0.39 is 23.9 Å². The molecule has 0 aromatic heterocycles. The van der Waals surface area contributed by atoms with Gasteiger partial charge in [-0.05, 0) is 25.1 Å². The summed E-state index contributed by atoms with van der Waals surface area (Å²) in [6.07, 6.45) is -0.856. The van der Waals surface area contributed by atoms with Crippen molar-refractivity contribution in [1.29, 1.82) is 0 Å². The van der Waals surface area contributed by atoms with Gasteiger partial charge in [0.05, 0.1) is 11.3 Å². The van der Waals surface area contributed by atoms with Crippen molar-refractivity contribution in [2.45, 2.75) is 25.6 Å². The molecular formula is C14H16FNO4. The van der Waals surface area contributed by atoms with Crippen molar-refractivity contribution >= 4 is 17.6 Å². The normalized spacial score (nSPS) is 21.5. The minimum atomic E-state index is -0.908. The number of esters is 2. The van der Waals surface area contributed by atoms with Crippen molar-refractivity contribution in [2.24, 2.45) is 0 Å². The van der Waals surface area contributed by atoms with E-state index in [0.717, 1.165) is 6.07 Å². The summed E-state index contributed by atoms with van der Waals surface area (Å²) in [5.74, 6) is -1.81. The smallest absolute Gasteiger partial charge is 0.347 e. The summed E-state index contributed by atoms with van der Waals surface area (Å²) in [5.41, 5.74) is 0.441. The molecule has 1 saturated heterocycles. The van der Waals surface area contributed by atoms with Gasteiger partial charge >= 0.3 is 11.9 Å². The summed E-state index contributed by atoms with van der Waals surface area (Å²) in [6, 6.07) is 4.05. The number of carbonyl (C=O) groups is 2. The zero-order valence-corrected chi connectivity index (χ0v) is 11.6. The number of benzene rings is 1. The minimum absolute atomic E-state index is 0.0699. The second kappa shape index (κ2) is 5.48. The first-order valence-corrected chi connectivity index (χ1v) is 6.27. The molecule has 0 spiro atoms. The lowest BCUT2D eigenvalue weighted by Gasteiger charge is -2.14. The summed E-state index contributed by atoms with van der Waals surface area (Å²) in [7, 11) is 3.40. The van der Waals surface area contributed by atoms with Crippen LogP contribution in [0, 0.1) is 5.82 Å². The quantitative estimate of drug-likeness (QED) is 0.790. The fourth-order valence-electron chi connectivity index (χ4n) is 2.01. The minimum Gasteiger partial charge on any atom is -0.460 e. The Balaban J connectivity index is 2.10. The van der Waals surface area contributed by atoms with E-state index >= 15 is 0 Å². The van der Waals surface area contributed by atoms with Crippen molar-refractivity contribution in [3.8, 4) is 0 Å². The van der Waals surface area contributed by atoms with Gasteiger partial charge in [-0.15, -0.1) is 0 Å². The summed E-state index contributed by atoms with van der Waals surface area (Å²) < 4.78 is 23.7. The number of hydrogen-bond donors (Lipinski definition) is 0. The summed E-state index contributed by atoms with van der Waals surface area (Å²) in [6.45, 7) is 1.72. The third-order valence-electron chi connectivity index (χ3n) is 3.04. The average Bonchev–Trinajstić information content (AvgIpc) is 2.67. The van der Waals surface area contributed by atoms with Crippen molar-refractivity contribution in [3.05, 3.63) is 29.6 Å². The Bertz CT molecular complexity index is 544. The van der Waals surface area contributed by atoms with Gasteiger partial charge < -0.3 is 14.4 Å². The summed E-state index contributed by atoms with van der Waals surface area (Å²) >= 11 is 0. The Kier molecular flexibility index (Phi) is 3.92. The highest BCUT2D eigenvalue weighted by Gasteiger charge is 2.35. The third-order valence-corrected chi connectivity index (χ3v) is 3.04. The second-order valence-corrected chi connectivity index (χ2v) is 4.94. The molecule has 2 rings (SSSR count). The first-order chi connectivity index (χ1) is 9.38. The number of rotatable bonds is 3. The topological polar surface area (TPSA) is 55.8 Å². The molecule has 0 N–H and O–H groups in total. The molecular weight excluding hydrogens is 265 g/mol. The maximum atomic E-state index is 13.8. The molecule has 108 valence electrons. The van der Waals surface area contributed by atoms with Gasteiger partial charge in [0.25, 0.3) is 0 Å². The first-order valence-electron chi connectivity index (χ1n) is 6.27. The standard InChI is InChI=1S/C14H16FNO4/c1-8-6-12(14(18)19-8)20-13(17)9-4-5-11(16(2)3)10(15)7-9/h4-5,7-8,12H,6H2,1-3H3. The molecule has 0 saturated carbocycles. The molecule has 1 aliphatic rings. The summed E-state index contributed by atoms with van der Waals surface area (Å²) in [5, 5.41) is 0. The van der Waals surface area contributed by atoms with Crippen LogP contribution in [0.15, 0.2) is 18.2 Å². The van der Waals surface area contributed by atoms with E-state index in [0.29, 0.717) is 12.1 Å². The van der Waals surface area contributed by atoms with Crippen molar-refractivity contribution < 1.29 is 23.5 Å².